The molecular weight excluding hydrogens is 313 g/mol. The molecule has 1 amide bonds. The molecule has 0 aliphatic carbocycles. The second-order valence-electron chi connectivity index (χ2n) is 4.76. The van der Waals surface area contributed by atoms with Crippen molar-refractivity contribution in [2.45, 2.75) is 33.4 Å². The van der Waals surface area contributed by atoms with Crippen molar-refractivity contribution in [3.63, 3.8) is 0 Å². The molecule has 0 aliphatic heterocycles. The molecular formula is C13H17Cl2N5O. The van der Waals surface area contributed by atoms with Crippen LogP contribution >= 0.6 is 23.2 Å². The summed E-state index contributed by atoms with van der Waals surface area (Å²) in [4.78, 5) is 11.8. The summed E-state index contributed by atoms with van der Waals surface area (Å²) >= 11 is 11.8. The van der Waals surface area contributed by atoms with E-state index in [2.05, 4.69) is 15.5 Å². The molecule has 0 radical (unpaired) electrons. The summed E-state index contributed by atoms with van der Waals surface area (Å²) in [7, 11) is 0. The number of aryl methyl sites for hydroxylation is 2. The minimum atomic E-state index is -0.0902. The standard InChI is InChI=1S/C13H17Cl2N5O/c1-9-12(15)7-19(18-9)5-3-4-16-13(21)8-20-10(2)11(14)6-17-20/h6-7H,3-5,8H2,1-2H3,(H,16,21). The molecule has 2 heterocycles. The van der Waals surface area contributed by atoms with E-state index in [1.807, 2.05) is 13.8 Å². The van der Waals surface area contributed by atoms with Gasteiger partial charge >= 0.3 is 0 Å². The molecule has 2 rings (SSSR count). The third-order valence-electron chi connectivity index (χ3n) is 3.11. The zero-order valence-electron chi connectivity index (χ0n) is 11.9. The fourth-order valence-corrected chi connectivity index (χ4v) is 2.14. The van der Waals surface area contributed by atoms with Crippen molar-refractivity contribution in [1.82, 2.24) is 24.9 Å². The predicted molar refractivity (Wildman–Crippen MR) is 81.6 cm³/mol. The number of nitrogens with zero attached hydrogens (tertiary/aromatic N) is 4. The SMILES string of the molecule is Cc1nn(CCCNC(=O)Cn2ncc(Cl)c2C)cc1Cl. The molecule has 6 nitrogen and oxygen atoms in total. The lowest BCUT2D eigenvalue weighted by molar-refractivity contribution is -0.121. The van der Waals surface area contributed by atoms with Crippen molar-refractivity contribution in [2.24, 2.45) is 0 Å². The predicted octanol–water partition coefficient (Wildman–Crippen LogP) is 2.21. The zero-order chi connectivity index (χ0) is 15.4. The van der Waals surface area contributed by atoms with Crippen LogP contribution in [0.15, 0.2) is 12.4 Å². The van der Waals surface area contributed by atoms with Crippen LogP contribution in [0.4, 0.5) is 0 Å². The van der Waals surface area contributed by atoms with Crippen LogP contribution < -0.4 is 5.32 Å². The Morgan fingerprint density at radius 3 is 2.67 bits per heavy atom. The van der Waals surface area contributed by atoms with Gasteiger partial charge in [0, 0.05) is 19.3 Å². The number of rotatable bonds is 6. The lowest BCUT2D eigenvalue weighted by Crippen LogP contribution is -2.29. The quantitative estimate of drug-likeness (QED) is 0.826. The Bertz CT molecular complexity index is 615. The molecule has 0 aliphatic rings. The Morgan fingerprint density at radius 1 is 1.33 bits per heavy atom. The molecule has 0 aromatic carbocycles. The monoisotopic (exact) mass is 329 g/mol. The van der Waals surface area contributed by atoms with E-state index < -0.39 is 0 Å². The van der Waals surface area contributed by atoms with Gasteiger partial charge in [0.25, 0.3) is 0 Å². The molecule has 114 valence electrons. The van der Waals surface area contributed by atoms with Crippen LogP contribution in [0.25, 0.3) is 0 Å². The minimum absolute atomic E-state index is 0.0902. The summed E-state index contributed by atoms with van der Waals surface area (Å²) < 4.78 is 3.36. The van der Waals surface area contributed by atoms with E-state index in [0.717, 1.165) is 17.8 Å². The molecule has 0 saturated carbocycles. The highest BCUT2D eigenvalue weighted by Gasteiger charge is 2.08. The number of carbonyl (C=O) groups is 1. The first-order valence-electron chi connectivity index (χ1n) is 6.61. The maximum Gasteiger partial charge on any atom is 0.241 e. The number of aromatic nitrogens is 4. The maximum atomic E-state index is 11.8. The summed E-state index contributed by atoms with van der Waals surface area (Å²) in [5, 5.41) is 12.4. The van der Waals surface area contributed by atoms with Crippen LogP contribution in [0.1, 0.15) is 17.8 Å². The van der Waals surface area contributed by atoms with Gasteiger partial charge in [-0.1, -0.05) is 23.2 Å². The van der Waals surface area contributed by atoms with E-state index in [4.69, 9.17) is 23.2 Å². The van der Waals surface area contributed by atoms with Crippen LogP contribution in [0.5, 0.6) is 0 Å². The van der Waals surface area contributed by atoms with Crippen molar-refractivity contribution in [1.29, 1.82) is 0 Å². The molecule has 21 heavy (non-hydrogen) atoms. The van der Waals surface area contributed by atoms with Gasteiger partial charge in [-0.15, -0.1) is 0 Å². The molecule has 2 aromatic rings. The molecule has 2 aromatic heterocycles. The molecule has 8 heteroatoms. The van der Waals surface area contributed by atoms with Gasteiger partial charge in [0.2, 0.25) is 5.91 Å². The van der Waals surface area contributed by atoms with E-state index >= 15 is 0 Å². The highest BCUT2D eigenvalue weighted by atomic mass is 35.5. The minimum Gasteiger partial charge on any atom is -0.354 e. The lowest BCUT2D eigenvalue weighted by atomic mass is 10.4. The van der Waals surface area contributed by atoms with E-state index in [0.29, 0.717) is 23.1 Å². The largest absolute Gasteiger partial charge is 0.354 e. The molecule has 0 spiro atoms. The van der Waals surface area contributed by atoms with E-state index in [1.165, 1.54) is 6.20 Å². The Kier molecular flexibility index (Phi) is 5.25. The second-order valence-corrected chi connectivity index (χ2v) is 5.58. The van der Waals surface area contributed by atoms with Gasteiger partial charge in [-0.2, -0.15) is 10.2 Å². The smallest absolute Gasteiger partial charge is 0.241 e. The third kappa shape index (κ3) is 4.22. The average molecular weight is 330 g/mol. The Hall–Kier alpha value is -1.53. The van der Waals surface area contributed by atoms with E-state index in [1.54, 1.807) is 15.6 Å². The summed E-state index contributed by atoms with van der Waals surface area (Å²) in [6.45, 7) is 5.14. The van der Waals surface area contributed by atoms with Crippen molar-refractivity contribution in [2.75, 3.05) is 6.54 Å². The van der Waals surface area contributed by atoms with Gasteiger partial charge in [0.1, 0.15) is 6.54 Å². The third-order valence-corrected chi connectivity index (χ3v) is 3.85. The van der Waals surface area contributed by atoms with Gasteiger partial charge in [-0.3, -0.25) is 14.2 Å². The lowest BCUT2D eigenvalue weighted by Gasteiger charge is -2.07. The highest BCUT2D eigenvalue weighted by Crippen LogP contribution is 2.13. The first-order valence-corrected chi connectivity index (χ1v) is 7.37. The van der Waals surface area contributed by atoms with Gasteiger partial charge in [-0.05, 0) is 20.3 Å². The molecule has 0 unspecified atom stereocenters. The van der Waals surface area contributed by atoms with Crippen LogP contribution in [0, 0.1) is 13.8 Å². The molecule has 0 saturated heterocycles. The van der Waals surface area contributed by atoms with Crippen molar-refractivity contribution < 1.29 is 4.79 Å². The van der Waals surface area contributed by atoms with E-state index in [-0.39, 0.29) is 12.5 Å². The Labute approximate surface area is 133 Å². The van der Waals surface area contributed by atoms with Gasteiger partial charge in [0.15, 0.2) is 0 Å². The molecule has 1 N–H and O–H groups in total. The van der Waals surface area contributed by atoms with Crippen LogP contribution in [-0.4, -0.2) is 32.0 Å². The topological polar surface area (TPSA) is 64.7 Å². The first kappa shape index (κ1) is 15.9. The number of halogens is 2. The van der Waals surface area contributed by atoms with Crippen LogP contribution in [0.3, 0.4) is 0 Å². The van der Waals surface area contributed by atoms with Crippen molar-refractivity contribution in [3.8, 4) is 0 Å². The number of nitrogens with one attached hydrogen (secondary N) is 1. The molecule has 0 fully saturated rings. The summed E-state index contributed by atoms with van der Waals surface area (Å²) in [5.74, 6) is -0.0902. The van der Waals surface area contributed by atoms with Crippen LogP contribution in [0.2, 0.25) is 10.0 Å². The van der Waals surface area contributed by atoms with Gasteiger partial charge in [-0.25, -0.2) is 0 Å². The number of carbonyl (C=O) groups excluding carboxylic acids is 1. The van der Waals surface area contributed by atoms with Crippen LogP contribution in [-0.2, 0) is 17.9 Å². The van der Waals surface area contributed by atoms with Crippen molar-refractivity contribution in [3.05, 3.63) is 33.8 Å². The fourth-order valence-electron chi connectivity index (χ4n) is 1.85. The number of hydrogen-bond donors (Lipinski definition) is 1. The fraction of sp³-hybridized carbons (Fsp3) is 0.462. The first-order chi connectivity index (χ1) is 9.97. The molecule has 0 bridgehead atoms. The highest BCUT2D eigenvalue weighted by molar-refractivity contribution is 6.31. The molecule has 0 atom stereocenters. The van der Waals surface area contributed by atoms with Gasteiger partial charge in [0.05, 0.1) is 27.6 Å². The summed E-state index contributed by atoms with van der Waals surface area (Å²) in [5.41, 5.74) is 1.60. The van der Waals surface area contributed by atoms with E-state index in [9.17, 15) is 4.79 Å². The number of hydrogen-bond acceptors (Lipinski definition) is 3. The number of amides is 1. The Balaban J connectivity index is 1.71. The Morgan fingerprint density at radius 2 is 2.10 bits per heavy atom. The van der Waals surface area contributed by atoms with Gasteiger partial charge < -0.3 is 5.32 Å². The maximum absolute atomic E-state index is 11.8. The average Bonchev–Trinajstić information content (AvgIpc) is 2.92. The zero-order valence-corrected chi connectivity index (χ0v) is 13.4. The summed E-state index contributed by atoms with van der Waals surface area (Å²) in [6.07, 6.45) is 4.10. The second kappa shape index (κ2) is 6.95. The normalized spacial score (nSPS) is 10.9. The summed E-state index contributed by atoms with van der Waals surface area (Å²) in [6, 6.07) is 0. The van der Waals surface area contributed by atoms with Crippen molar-refractivity contribution >= 4 is 29.1 Å².